The van der Waals surface area contributed by atoms with Crippen LogP contribution in [0.25, 0.3) is 0 Å². The Labute approximate surface area is 188 Å². The van der Waals surface area contributed by atoms with Crippen LogP contribution in [0.1, 0.15) is 24.5 Å². The summed E-state index contributed by atoms with van der Waals surface area (Å²) in [6.07, 6.45) is 2.25. The zero-order valence-electron chi connectivity index (χ0n) is 18.0. The molecule has 9 heteroatoms. The molecule has 0 saturated carbocycles. The highest BCUT2D eigenvalue weighted by atomic mass is 32.2. The highest BCUT2D eigenvalue weighted by Gasteiger charge is 2.26. The lowest BCUT2D eigenvalue weighted by atomic mass is 10.1. The highest BCUT2D eigenvalue weighted by molar-refractivity contribution is 7.99. The van der Waals surface area contributed by atoms with Crippen LogP contribution in [0.5, 0.6) is 0 Å². The fourth-order valence-electron chi connectivity index (χ4n) is 3.24. The van der Waals surface area contributed by atoms with E-state index in [-0.39, 0.29) is 16.6 Å². The third kappa shape index (κ3) is 6.52. The molecule has 0 bridgehead atoms. The van der Waals surface area contributed by atoms with Crippen LogP contribution in [0.15, 0.2) is 52.5 Å². The van der Waals surface area contributed by atoms with Gasteiger partial charge in [0.25, 0.3) is 0 Å². The lowest BCUT2D eigenvalue weighted by Crippen LogP contribution is -2.40. The number of ether oxygens (including phenoxy) is 1. The molecular formula is C22H29N3O4S2. The van der Waals surface area contributed by atoms with E-state index in [2.05, 4.69) is 24.0 Å². The summed E-state index contributed by atoms with van der Waals surface area (Å²) in [5.74, 6) is 0.299. The van der Waals surface area contributed by atoms with Gasteiger partial charge in [0.05, 0.1) is 24.0 Å². The predicted molar refractivity (Wildman–Crippen MR) is 121 cm³/mol. The molecule has 0 unspecified atom stereocenters. The molecule has 2 heterocycles. The van der Waals surface area contributed by atoms with E-state index in [9.17, 15) is 13.2 Å². The average molecular weight is 464 g/mol. The van der Waals surface area contributed by atoms with Crippen molar-refractivity contribution in [1.29, 1.82) is 0 Å². The molecule has 0 radical (unpaired) electrons. The first kappa shape index (κ1) is 23.7. The molecule has 1 aromatic carbocycles. The number of rotatable bonds is 9. The quantitative estimate of drug-likeness (QED) is 0.532. The molecule has 1 fully saturated rings. The van der Waals surface area contributed by atoms with Crippen LogP contribution in [0.3, 0.4) is 0 Å². The van der Waals surface area contributed by atoms with Gasteiger partial charge in [-0.1, -0.05) is 48.5 Å². The van der Waals surface area contributed by atoms with E-state index in [1.807, 2.05) is 24.0 Å². The van der Waals surface area contributed by atoms with E-state index < -0.39 is 10.0 Å². The van der Waals surface area contributed by atoms with Gasteiger partial charge in [0.15, 0.2) is 0 Å². The van der Waals surface area contributed by atoms with Gasteiger partial charge in [-0.05, 0) is 31.0 Å². The summed E-state index contributed by atoms with van der Waals surface area (Å²) in [6.45, 7) is 6.87. The summed E-state index contributed by atoms with van der Waals surface area (Å²) < 4.78 is 32.0. The number of morpholine rings is 1. The lowest BCUT2D eigenvalue weighted by molar-refractivity contribution is -0.129. The van der Waals surface area contributed by atoms with Gasteiger partial charge in [0, 0.05) is 32.4 Å². The number of thioether (sulfide) groups is 1. The number of aromatic nitrogens is 1. The minimum absolute atomic E-state index is 0.0410. The Morgan fingerprint density at radius 2 is 1.87 bits per heavy atom. The molecule has 1 amide bonds. The Bertz CT molecular complexity index is 957. The van der Waals surface area contributed by atoms with Crippen molar-refractivity contribution in [2.24, 2.45) is 0 Å². The number of hydrogen-bond acceptors (Lipinski definition) is 6. The molecule has 1 aliphatic heterocycles. The first-order valence-corrected chi connectivity index (χ1v) is 12.8. The number of pyridine rings is 1. The van der Waals surface area contributed by atoms with Crippen molar-refractivity contribution in [2.75, 3.05) is 38.6 Å². The van der Waals surface area contributed by atoms with Gasteiger partial charge in [-0.15, -0.1) is 0 Å². The minimum Gasteiger partial charge on any atom is -0.379 e. The van der Waals surface area contributed by atoms with E-state index in [1.165, 1.54) is 27.8 Å². The number of nitrogens with zero attached hydrogens (tertiary/aromatic N) is 3. The summed E-state index contributed by atoms with van der Waals surface area (Å²) in [5.41, 5.74) is 2.30. The standard InChI is InChI=1S/C22H29N3O4S2/c1-3-10-24(16-19-6-4-18(2)5-7-19)22(26)17-30-21-9-8-20(15-23-21)31(27,28)25-11-13-29-14-12-25/h4-9,15H,3,10-14,16-17H2,1-2H3. The van der Waals surface area contributed by atoms with E-state index in [0.29, 0.717) is 44.4 Å². The maximum absolute atomic E-state index is 12.8. The van der Waals surface area contributed by atoms with Crippen LogP contribution >= 0.6 is 11.8 Å². The molecule has 0 aliphatic carbocycles. The number of benzene rings is 1. The summed E-state index contributed by atoms with van der Waals surface area (Å²) in [4.78, 5) is 19.1. The van der Waals surface area contributed by atoms with Crippen LogP contribution in [-0.2, 0) is 26.1 Å². The summed E-state index contributed by atoms with van der Waals surface area (Å²) in [7, 11) is -3.56. The third-order valence-corrected chi connectivity index (χ3v) is 7.81. The molecular weight excluding hydrogens is 434 g/mol. The van der Waals surface area contributed by atoms with Gasteiger partial charge in [0.1, 0.15) is 4.90 Å². The fourth-order valence-corrected chi connectivity index (χ4v) is 5.34. The molecule has 31 heavy (non-hydrogen) atoms. The number of amides is 1. The van der Waals surface area contributed by atoms with Crippen molar-refractivity contribution in [3.8, 4) is 0 Å². The summed E-state index contributed by atoms with van der Waals surface area (Å²) in [5, 5.41) is 0.626. The zero-order chi connectivity index (χ0) is 22.3. The van der Waals surface area contributed by atoms with Crippen LogP contribution < -0.4 is 0 Å². The van der Waals surface area contributed by atoms with Crippen molar-refractivity contribution >= 4 is 27.7 Å². The van der Waals surface area contributed by atoms with Crippen molar-refractivity contribution in [1.82, 2.24) is 14.2 Å². The molecule has 0 spiro atoms. The molecule has 2 aromatic rings. The molecule has 168 valence electrons. The van der Waals surface area contributed by atoms with E-state index >= 15 is 0 Å². The second kappa shape index (κ2) is 11.1. The van der Waals surface area contributed by atoms with Gasteiger partial charge in [-0.25, -0.2) is 13.4 Å². The predicted octanol–water partition coefficient (Wildman–Crippen LogP) is 2.94. The van der Waals surface area contributed by atoms with Crippen LogP contribution in [-0.4, -0.2) is 67.1 Å². The molecule has 3 rings (SSSR count). The second-order valence-corrected chi connectivity index (χ2v) is 10.4. The lowest BCUT2D eigenvalue weighted by Gasteiger charge is -2.25. The van der Waals surface area contributed by atoms with Crippen molar-refractivity contribution < 1.29 is 17.9 Å². The zero-order valence-corrected chi connectivity index (χ0v) is 19.6. The van der Waals surface area contributed by atoms with Gasteiger partial charge in [-0.3, -0.25) is 4.79 Å². The van der Waals surface area contributed by atoms with Gasteiger partial charge in [0.2, 0.25) is 15.9 Å². The largest absolute Gasteiger partial charge is 0.379 e. The van der Waals surface area contributed by atoms with Crippen molar-refractivity contribution in [3.63, 3.8) is 0 Å². The van der Waals surface area contributed by atoms with E-state index in [0.717, 1.165) is 12.0 Å². The highest BCUT2D eigenvalue weighted by Crippen LogP contribution is 2.21. The van der Waals surface area contributed by atoms with Gasteiger partial charge >= 0.3 is 0 Å². The Kier molecular flexibility index (Phi) is 8.48. The first-order valence-electron chi connectivity index (χ1n) is 10.4. The molecule has 7 nitrogen and oxygen atoms in total. The maximum atomic E-state index is 12.8. The molecule has 1 aliphatic rings. The minimum atomic E-state index is -3.56. The maximum Gasteiger partial charge on any atom is 0.244 e. The van der Waals surface area contributed by atoms with E-state index in [1.54, 1.807) is 12.1 Å². The third-order valence-electron chi connectivity index (χ3n) is 5.00. The summed E-state index contributed by atoms with van der Waals surface area (Å²) in [6, 6.07) is 11.4. The Morgan fingerprint density at radius 3 is 2.48 bits per heavy atom. The Hall–Kier alpha value is -1.94. The molecule has 0 N–H and O–H groups in total. The monoisotopic (exact) mass is 463 g/mol. The van der Waals surface area contributed by atoms with Gasteiger partial charge in [-0.2, -0.15) is 4.31 Å². The first-order chi connectivity index (χ1) is 14.9. The number of carbonyl (C=O) groups is 1. The summed E-state index contributed by atoms with van der Waals surface area (Å²) >= 11 is 1.32. The van der Waals surface area contributed by atoms with Crippen LogP contribution in [0, 0.1) is 6.92 Å². The van der Waals surface area contributed by atoms with Crippen LogP contribution in [0.4, 0.5) is 0 Å². The van der Waals surface area contributed by atoms with E-state index in [4.69, 9.17) is 4.74 Å². The molecule has 1 saturated heterocycles. The average Bonchev–Trinajstić information content (AvgIpc) is 2.79. The fraction of sp³-hybridized carbons (Fsp3) is 0.455. The SMILES string of the molecule is CCCN(Cc1ccc(C)cc1)C(=O)CSc1ccc(S(=O)(=O)N2CCOCC2)cn1. The normalized spacial score (nSPS) is 15.0. The molecule has 0 atom stereocenters. The number of aryl methyl sites for hydroxylation is 1. The Morgan fingerprint density at radius 1 is 1.16 bits per heavy atom. The van der Waals surface area contributed by atoms with Crippen molar-refractivity contribution in [3.05, 3.63) is 53.7 Å². The topological polar surface area (TPSA) is 79.8 Å². The number of sulfonamides is 1. The Balaban J connectivity index is 1.58. The van der Waals surface area contributed by atoms with Crippen LogP contribution in [0.2, 0.25) is 0 Å². The second-order valence-electron chi connectivity index (χ2n) is 7.44. The molecule has 1 aromatic heterocycles. The van der Waals surface area contributed by atoms with Crippen molar-refractivity contribution in [2.45, 2.75) is 36.7 Å². The smallest absolute Gasteiger partial charge is 0.244 e. The number of carbonyl (C=O) groups excluding carboxylic acids is 1. The number of hydrogen-bond donors (Lipinski definition) is 0. The van der Waals surface area contributed by atoms with Gasteiger partial charge < -0.3 is 9.64 Å².